The third-order valence-corrected chi connectivity index (χ3v) is 13.3. The SMILES string of the molecule is CCCCCCCCCOC(=O)CCCCCCCN(CCCCCCCC(=O)OC(CCCCCCCC)CCCCCCCC)CCCCC(=O)N1CCN(C(=O)CCC)CC1. The summed E-state index contributed by atoms with van der Waals surface area (Å²) >= 11 is 0. The Morgan fingerprint density at radius 2 is 0.750 bits per heavy atom. The Balaban J connectivity index is 2.42. The lowest BCUT2D eigenvalue weighted by Gasteiger charge is -2.35. The first-order valence-electron chi connectivity index (χ1n) is 28.0. The van der Waals surface area contributed by atoms with Crippen molar-refractivity contribution in [2.24, 2.45) is 0 Å². The van der Waals surface area contributed by atoms with Crippen molar-refractivity contribution in [2.75, 3.05) is 52.4 Å². The molecule has 0 radical (unpaired) electrons. The third-order valence-electron chi connectivity index (χ3n) is 13.3. The molecule has 0 aliphatic carbocycles. The van der Waals surface area contributed by atoms with Crippen LogP contribution in [0.25, 0.3) is 0 Å². The summed E-state index contributed by atoms with van der Waals surface area (Å²) < 4.78 is 11.6. The van der Waals surface area contributed by atoms with Gasteiger partial charge in [-0.15, -0.1) is 0 Å². The standard InChI is InChI=1S/C55H105N3O6/c1-5-9-12-15-18-27-36-50-63-54(61)41-30-23-19-25-33-43-56(45-35-32-40-53(60)58-48-46-57(47-49-58)52(59)37-8-4)44-34-26-20-24-31-42-55(62)64-51(38-28-21-16-13-10-6-2)39-29-22-17-14-11-7-3/h51H,5-50H2,1-4H3. The van der Waals surface area contributed by atoms with Crippen LogP contribution in [0.4, 0.5) is 0 Å². The molecule has 1 aliphatic heterocycles. The van der Waals surface area contributed by atoms with Crippen LogP contribution >= 0.6 is 0 Å². The number of amides is 2. The lowest BCUT2D eigenvalue weighted by Crippen LogP contribution is -2.50. The minimum atomic E-state index is -0.0360. The van der Waals surface area contributed by atoms with E-state index in [4.69, 9.17) is 9.47 Å². The summed E-state index contributed by atoms with van der Waals surface area (Å²) in [5.74, 6) is 0.413. The predicted molar refractivity (Wildman–Crippen MR) is 269 cm³/mol. The minimum Gasteiger partial charge on any atom is -0.466 e. The van der Waals surface area contributed by atoms with Crippen molar-refractivity contribution in [3.05, 3.63) is 0 Å². The lowest BCUT2D eigenvalue weighted by molar-refractivity contribution is -0.150. The lowest BCUT2D eigenvalue weighted by atomic mass is 10.0. The zero-order valence-corrected chi connectivity index (χ0v) is 42.9. The normalized spacial score (nSPS) is 13.0. The van der Waals surface area contributed by atoms with E-state index in [1.807, 2.05) is 16.7 Å². The maximum Gasteiger partial charge on any atom is 0.306 e. The molecule has 0 aromatic rings. The molecule has 9 nitrogen and oxygen atoms in total. The second-order valence-corrected chi connectivity index (χ2v) is 19.4. The van der Waals surface area contributed by atoms with Crippen LogP contribution in [-0.2, 0) is 28.7 Å². The fourth-order valence-electron chi connectivity index (χ4n) is 9.08. The number of piperazine rings is 1. The highest BCUT2D eigenvalue weighted by Gasteiger charge is 2.23. The van der Waals surface area contributed by atoms with Crippen LogP contribution in [0.1, 0.15) is 272 Å². The van der Waals surface area contributed by atoms with Crippen molar-refractivity contribution in [1.29, 1.82) is 0 Å². The average Bonchev–Trinajstić information content (AvgIpc) is 3.29. The smallest absolute Gasteiger partial charge is 0.306 e. The summed E-state index contributed by atoms with van der Waals surface area (Å²) in [6, 6.07) is 0. The molecule has 9 heteroatoms. The Kier molecular flexibility index (Phi) is 41.8. The highest BCUT2D eigenvalue weighted by Crippen LogP contribution is 2.19. The number of nitrogens with zero attached hydrogens (tertiary/aromatic N) is 3. The Labute approximate surface area is 396 Å². The summed E-state index contributed by atoms with van der Waals surface area (Å²) in [7, 11) is 0. The average molecular weight is 904 g/mol. The fraction of sp³-hybridized carbons (Fsp3) is 0.927. The molecular weight excluding hydrogens is 799 g/mol. The molecular formula is C55H105N3O6. The fourth-order valence-corrected chi connectivity index (χ4v) is 9.08. The zero-order chi connectivity index (χ0) is 46.6. The molecule has 1 heterocycles. The summed E-state index contributed by atoms with van der Waals surface area (Å²) in [6.07, 6.45) is 42.0. The summed E-state index contributed by atoms with van der Waals surface area (Å²) in [6.45, 7) is 15.2. The molecule has 0 unspecified atom stereocenters. The van der Waals surface area contributed by atoms with E-state index in [-0.39, 0.29) is 29.9 Å². The van der Waals surface area contributed by atoms with Crippen LogP contribution in [0.15, 0.2) is 0 Å². The summed E-state index contributed by atoms with van der Waals surface area (Å²) in [5, 5.41) is 0. The van der Waals surface area contributed by atoms with Gasteiger partial charge in [-0.2, -0.15) is 0 Å². The van der Waals surface area contributed by atoms with E-state index in [0.29, 0.717) is 58.5 Å². The number of esters is 2. The van der Waals surface area contributed by atoms with E-state index in [9.17, 15) is 19.2 Å². The van der Waals surface area contributed by atoms with Crippen LogP contribution in [-0.4, -0.2) is 97.0 Å². The van der Waals surface area contributed by atoms with Gasteiger partial charge >= 0.3 is 11.9 Å². The molecule has 0 N–H and O–H groups in total. The molecule has 0 aromatic heterocycles. The van der Waals surface area contributed by atoms with Gasteiger partial charge in [-0.05, 0) is 96.7 Å². The molecule has 2 amide bonds. The van der Waals surface area contributed by atoms with E-state index in [2.05, 4.69) is 25.7 Å². The van der Waals surface area contributed by atoms with Crippen LogP contribution in [0.2, 0.25) is 0 Å². The van der Waals surface area contributed by atoms with E-state index in [1.165, 1.54) is 122 Å². The molecule has 0 bridgehead atoms. The second-order valence-electron chi connectivity index (χ2n) is 19.4. The van der Waals surface area contributed by atoms with Crippen LogP contribution in [0.3, 0.4) is 0 Å². The van der Waals surface area contributed by atoms with Gasteiger partial charge in [-0.3, -0.25) is 19.2 Å². The predicted octanol–water partition coefficient (Wildman–Crippen LogP) is 14.3. The molecule has 1 saturated heterocycles. The van der Waals surface area contributed by atoms with Gasteiger partial charge in [0.25, 0.3) is 0 Å². The van der Waals surface area contributed by atoms with Crippen LogP contribution in [0, 0.1) is 0 Å². The maximum absolute atomic E-state index is 13.0. The van der Waals surface area contributed by atoms with Crippen LogP contribution in [0.5, 0.6) is 0 Å². The number of carbonyl (C=O) groups excluding carboxylic acids is 4. The number of hydrogen-bond acceptors (Lipinski definition) is 7. The first-order valence-corrected chi connectivity index (χ1v) is 28.0. The molecule has 376 valence electrons. The van der Waals surface area contributed by atoms with E-state index in [0.717, 1.165) is 116 Å². The molecule has 0 saturated carbocycles. The Morgan fingerprint density at radius 3 is 1.22 bits per heavy atom. The molecule has 0 spiro atoms. The molecule has 1 fully saturated rings. The largest absolute Gasteiger partial charge is 0.466 e. The zero-order valence-electron chi connectivity index (χ0n) is 42.9. The highest BCUT2D eigenvalue weighted by atomic mass is 16.5. The van der Waals surface area contributed by atoms with Gasteiger partial charge in [-0.25, -0.2) is 0 Å². The Hall–Kier alpha value is -2.16. The van der Waals surface area contributed by atoms with E-state index >= 15 is 0 Å². The Bertz CT molecular complexity index is 1080. The van der Waals surface area contributed by atoms with Gasteiger partial charge in [0.1, 0.15) is 6.10 Å². The van der Waals surface area contributed by atoms with Crippen molar-refractivity contribution in [2.45, 2.75) is 278 Å². The Morgan fingerprint density at radius 1 is 0.391 bits per heavy atom. The van der Waals surface area contributed by atoms with E-state index in [1.54, 1.807) is 0 Å². The number of ether oxygens (including phenoxy) is 2. The van der Waals surface area contributed by atoms with Crippen molar-refractivity contribution in [3.8, 4) is 0 Å². The van der Waals surface area contributed by atoms with E-state index < -0.39 is 0 Å². The van der Waals surface area contributed by atoms with Gasteiger partial charge in [0.2, 0.25) is 11.8 Å². The minimum absolute atomic E-state index is 0.00897. The van der Waals surface area contributed by atoms with Gasteiger partial charge < -0.3 is 24.2 Å². The van der Waals surface area contributed by atoms with Crippen molar-refractivity contribution in [1.82, 2.24) is 14.7 Å². The van der Waals surface area contributed by atoms with Gasteiger partial charge in [0.05, 0.1) is 6.61 Å². The molecule has 64 heavy (non-hydrogen) atoms. The molecule has 0 aromatic carbocycles. The number of carbonyl (C=O) groups is 4. The second kappa shape index (κ2) is 44.7. The number of hydrogen-bond donors (Lipinski definition) is 0. The van der Waals surface area contributed by atoms with Gasteiger partial charge in [-0.1, -0.05) is 169 Å². The molecule has 1 aliphatic rings. The van der Waals surface area contributed by atoms with Gasteiger partial charge in [0.15, 0.2) is 0 Å². The number of rotatable bonds is 46. The summed E-state index contributed by atoms with van der Waals surface area (Å²) in [4.78, 5) is 56.9. The monoisotopic (exact) mass is 904 g/mol. The summed E-state index contributed by atoms with van der Waals surface area (Å²) in [5.41, 5.74) is 0. The van der Waals surface area contributed by atoms with Crippen molar-refractivity contribution in [3.63, 3.8) is 0 Å². The van der Waals surface area contributed by atoms with Crippen molar-refractivity contribution >= 4 is 23.8 Å². The quantitative estimate of drug-likeness (QED) is 0.0443. The molecule has 0 atom stereocenters. The first kappa shape index (κ1) is 59.9. The van der Waals surface area contributed by atoms with Gasteiger partial charge in [0, 0.05) is 51.9 Å². The maximum atomic E-state index is 13.0. The first-order chi connectivity index (χ1) is 31.3. The third kappa shape index (κ3) is 36.0. The van der Waals surface area contributed by atoms with Crippen molar-refractivity contribution < 1.29 is 28.7 Å². The number of unbranched alkanes of at least 4 members (excludes halogenated alkanes) is 25. The van der Waals surface area contributed by atoms with Crippen LogP contribution < -0.4 is 0 Å². The molecule has 1 rings (SSSR count). The highest BCUT2D eigenvalue weighted by molar-refractivity contribution is 5.78. The topological polar surface area (TPSA) is 96.5 Å².